The molecule has 0 atom stereocenters. The van der Waals surface area contributed by atoms with Gasteiger partial charge in [-0.3, -0.25) is 4.68 Å². The fourth-order valence-electron chi connectivity index (χ4n) is 2.08. The van der Waals surface area contributed by atoms with Crippen LogP contribution in [0.4, 0.5) is 5.69 Å². The third-order valence-corrected chi connectivity index (χ3v) is 4.42. The first-order valence-electron chi connectivity index (χ1n) is 6.81. The van der Waals surface area contributed by atoms with Gasteiger partial charge in [0.2, 0.25) is 0 Å². The molecule has 0 fully saturated rings. The summed E-state index contributed by atoms with van der Waals surface area (Å²) in [6, 6.07) is 8.41. The van der Waals surface area contributed by atoms with Crippen molar-refractivity contribution in [1.29, 1.82) is 0 Å². The van der Waals surface area contributed by atoms with Gasteiger partial charge >= 0.3 is 0 Å². The zero-order valence-corrected chi connectivity index (χ0v) is 13.7. The minimum absolute atomic E-state index is 0.693. The molecule has 0 radical (unpaired) electrons. The van der Waals surface area contributed by atoms with Gasteiger partial charge in [0.05, 0.1) is 23.0 Å². The Morgan fingerprint density at radius 2 is 1.95 bits per heavy atom. The maximum atomic E-state index is 6.40. The number of rotatable bonds is 6. The lowest BCUT2D eigenvalue weighted by atomic mass is 10.2. The molecule has 5 heteroatoms. The van der Waals surface area contributed by atoms with E-state index in [1.54, 1.807) is 11.8 Å². The minimum Gasteiger partial charge on any atom is -0.379 e. The molecule has 0 aliphatic rings. The number of halogens is 1. The molecule has 0 aliphatic heterocycles. The second-order valence-corrected chi connectivity index (χ2v) is 5.72. The average molecular weight is 310 g/mol. The van der Waals surface area contributed by atoms with E-state index in [1.807, 2.05) is 4.68 Å². The topological polar surface area (TPSA) is 29.9 Å². The highest BCUT2D eigenvalue weighted by Gasteiger charge is 2.13. The molecule has 2 aromatic rings. The van der Waals surface area contributed by atoms with Crippen LogP contribution < -0.4 is 5.32 Å². The van der Waals surface area contributed by atoms with Crippen LogP contribution in [0.3, 0.4) is 0 Å². The Hall–Kier alpha value is -1.13. The zero-order chi connectivity index (χ0) is 14.5. The Balaban J connectivity index is 2.11. The molecule has 108 valence electrons. The quantitative estimate of drug-likeness (QED) is 0.799. The van der Waals surface area contributed by atoms with Crippen LogP contribution >= 0.6 is 23.4 Å². The van der Waals surface area contributed by atoms with Crippen LogP contribution in [0.15, 0.2) is 29.2 Å². The van der Waals surface area contributed by atoms with E-state index in [2.05, 4.69) is 54.8 Å². The number of thioether (sulfide) groups is 1. The number of benzene rings is 1. The molecular weight excluding hydrogens is 290 g/mol. The van der Waals surface area contributed by atoms with E-state index in [-0.39, 0.29) is 0 Å². The van der Waals surface area contributed by atoms with Gasteiger partial charge in [-0.1, -0.05) is 18.5 Å². The van der Waals surface area contributed by atoms with Crippen LogP contribution in [0.2, 0.25) is 5.02 Å². The summed E-state index contributed by atoms with van der Waals surface area (Å²) in [5.41, 5.74) is 3.13. The zero-order valence-electron chi connectivity index (χ0n) is 12.1. The number of nitrogens with one attached hydrogen (secondary N) is 1. The number of nitrogens with zero attached hydrogens (tertiary/aromatic N) is 2. The summed E-state index contributed by atoms with van der Waals surface area (Å²) in [6.07, 6.45) is 2.94. The molecule has 2 rings (SSSR count). The van der Waals surface area contributed by atoms with Gasteiger partial charge in [0, 0.05) is 17.1 Å². The lowest BCUT2D eigenvalue weighted by Crippen LogP contribution is -2.08. The molecule has 3 nitrogen and oxygen atoms in total. The van der Waals surface area contributed by atoms with Crippen molar-refractivity contribution in [1.82, 2.24) is 9.78 Å². The van der Waals surface area contributed by atoms with Gasteiger partial charge in [-0.25, -0.2) is 0 Å². The van der Waals surface area contributed by atoms with Gasteiger partial charge in [0.15, 0.2) is 0 Å². The average Bonchev–Trinajstić information content (AvgIpc) is 2.81. The molecule has 0 aliphatic carbocycles. The Bertz CT molecular complexity index is 563. The number of hydrogen-bond acceptors (Lipinski definition) is 3. The molecule has 1 aromatic carbocycles. The second-order valence-electron chi connectivity index (χ2n) is 4.46. The van der Waals surface area contributed by atoms with E-state index in [0.717, 1.165) is 35.1 Å². The van der Waals surface area contributed by atoms with Gasteiger partial charge < -0.3 is 5.32 Å². The highest BCUT2D eigenvalue weighted by atomic mass is 35.5. The van der Waals surface area contributed by atoms with Crippen molar-refractivity contribution in [3.63, 3.8) is 0 Å². The minimum atomic E-state index is 0.693. The summed E-state index contributed by atoms with van der Waals surface area (Å²) in [5, 5.41) is 8.73. The van der Waals surface area contributed by atoms with Crippen LogP contribution in [0.25, 0.3) is 0 Å². The first kappa shape index (κ1) is 15.3. The Kier molecular flexibility index (Phi) is 5.38. The molecule has 0 amide bonds. The molecule has 1 heterocycles. The van der Waals surface area contributed by atoms with Crippen molar-refractivity contribution in [2.45, 2.75) is 38.3 Å². The summed E-state index contributed by atoms with van der Waals surface area (Å²) in [7, 11) is 0. The lowest BCUT2D eigenvalue weighted by Gasteiger charge is -2.09. The van der Waals surface area contributed by atoms with Gasteiger partial charge in [-0.2, -0.15) is 5.10 Å². The molecule has 0 spiro atoms. The summed E-state index contributed by atoms with van der Waals surface area (Å²) < 4.78 is 1.98. The van der Waals surface area contributed by atoms with E-state index in [9.17, 15) is 0 Å². The summed E-state index contributed by atoms with van der Waals surface area (Å²) in [4.78, 5) is 1.26. The van der Waals surface area contributed by atoms with Crippen LogP contribution in [-0.4, -0.2) is 16.0 Å². The highest BCUT2D eigenvalue weighted by molar-refractivity contribution is 7.98. The van der Waals surface area contributed by atoms with Gasteiger partial charge in [-0.15, -0.1) is 11.8 Å². The van der Waals surface area contributed by atoms with E-state index in [0.29, 0.717) is 6.54 Å². The SMILES string of the molecule is CCc1nn(CC)c(CNc2ccc(SC)cc2)c1Cl. The van der Waals surface area contributed by atoms with Crippen molar-refractivity contribution in [2.75, 3.05) is 11.6 Å². The first-order chi connectivity index (χ1) is 9.69. The third kappa shape index (κ3) is 3.30. The monoisotopic (exact) mass is 309 g/mol. The highest BCUT2D eigenvalue weighted by Crippen LogP contribution is 2.23. The number of aromatic nitrogens is 2. The Morgan fingerprint density at radius 3 is 2.50 bits per heavy atom. The smallest absolute Gasteiger partial charge is 0.0868 e. The molecule has 0 saturated carbocycles. The molecule has 0 saturated heterocycles. The van der Waals surface area contributed by atoms with Crippen molar-refractivity contribution in [3.05, 3.63) is 40.7 Å². The summed E-state index contributed by atoms with van der Waals surface area (Å²) in [6.45, 7) is 5.69. The van der Waals surface area contributed by atoms with Crippen LogP contribution in [0.5, 0.6) is 0 Å². The Labute approximate surface area is 129 Å². The van der Waals surface area contributed by atoms with Crippen LogP contribution in [0.1, 0.15) is 25.2 Å². The van der Waals surface area contributed by atoms with Crippen molar-refractivity contribution < 1.29 is 0 Å². The van der Waals surface area contributed by atoms with E-state index >= 15 is 0 Å². The fraction of sp³-hybridized carbons (Fsp3) is 0.400. The molecule has 0 unspecified atom stereocenters. The van der Waals surface area contributed by atoms with Crippen molar-refractivity contribution >= 4 is 29.1 Å². The largest absolute Gasteiger partial charge is 0.379 e. The van der Waals surface area contributed by atoms with Crippen molar-refractivity contribution in [2.24, 2.45) is 0 Å². The normalized spacial score (nSPS) is 10.8. The summed E-state index contributed by atoms with van der Waals surface area (Å²) in [5.74, 6) is 0. The summed E-state index contributed by atoms with van der Waals surface area (Å²) >= 11 is 8.14. The van der Waals surface area contributed by atoms with E-state index in [1.165, 1.54) is 4.90 Å². The van der Waals surface area contributed by atoms with Gasteiger partial charge in [0.25, 0.3) is 0 Å². The molecule has 1 aromatic heterocycles. The number of anilines is 1. The lowest BCUT2D eigenvalue weighted by molar-refractivity contribution is 0.619. The van der Waals surface area contributed by atoms with Gasteiger partial charge in [0.1, 0.15) is 0 Å². The molecular formula is C15H20ClN3S. The predicted octanol–water partition coefficient (Wildman–Crippen LogP) is 4.45. The van der Waals surface area contributed by atoms with Crippen LogP contribution in [0, 0.1) is 0 Å². The van der Waals surface area contributed by atoms with Crippen LogP contribution in [-0.2, 0) is 19.5 Å². The molecule has 20 heavy (non-hydrogen) atoms. The third-order valence-electron chi connectivity index (χ3n) is 3.24. The number of aryl methyl sites for hydroxylation is 2. The Morgan fingerprint density at radius 1 is 1.25 bits per heavy atom. The number of hydrogen-bond donors (Lipinski definition) is 1. The van der Waals surface area contributed by atoms with Gasteiger partial charge in [-0.05, 0) is 43.9 Å². The second kappa shape index (κ2) is 7.04. The van der Waals surface area contributed by atoms with E-state index < -0.39 is 0 Å². The maximum absolute atomic E-state index is 6.40. The fourth-order valence-corrected chi connectivity index (χ4v) is 2.82. The first-order valence-corrected chi connectivity index (χ1v) is 8.41. The maximum Gasteiger partial charge on any atom is 0.0868 e. The standard InChI is InChI=1S/C15H20ClN3S/c1-4-13-15(16)14(19(5-2)18-13)10-17-11-6-8-12(20-3)9-7-11/h6-9,17H,4-5,10H2,1-3H3. The van der Waals surface area contributed by atoms with E-state index in [4.69, 9.17) is 11.6 Å². The molecule has 1 N–H and O–H groups in total. The van der Waals surface area contributed by atoms with Crippen molar-refractivity contribution in [3.8, 4) is 0 Å². The predicted molar refractivity (Wildman–Crippen MR) is 87.8 cm³/mol. The molecule has 0 bridgehead atoms.